The molecule has 0 amide bonds. The van der Waals surface area contributed by atoms with Crippen molar-refractivity contribution in [3.8, 4) is 5.75 Å². The third-order valence-corrected chi connectivity index (χ3v) is 3.31. The number of ketones is 1. The molecule has 0 radical (unpaired) electrons. The number of hydrogen-bond acceptors (Lipinski definition) is 3. The number of carbonyl (C=O) groups excluding carboxylic acids is 1. The first-order chi connectivity index (χ1) is 9.65. The topological polar surface area (TPSA) is 63.3 Å². The van der Waals surface area contributed by atoms with Crippen LogP contribution in [0.15, 0.2) is 54.6 Å². The van der Waals surface area contributed by atoms with Gasteiger partial charge in [0.2, 0.25) is 0 Å². The largest absolute Gasteiger partial charge is 0.508 e. The molecule has 0 unspecified atom stereocenters. The van der Waals surface area contributed by atoms with E-state index in [4.69, 9.17) is 5.73 Å². The molecule has 0 saturated heterocycles. The summed E-state index contributed by atoms with van der Waals surface area (Å²) in [6.07, 6.45) is 1.69. The van der Waals surface area contributed by atoms with Crippen LogP contribution < -0.4 is 5.73 Å². The Hall–Kier alpha value is -2.13. The number of phenols is 1. The first-order valence-electron chi connectivity index (χ1n) is 6.75. The molecule has 0 saturated carbocycles. The van der Waals surface area contributed by atoms with Crippen LogP contribution in [0.5, 0.6) is 5.75 Å². The molecule has 1 atom stereocenters. The molecule has 0 bridgehead atoms. The molecule has 2 aromatic carbocycles. The van der Waals surface area contributed by atoms with Crippen LogP contribution in [0.25, 0.3) is 0 Å². The van der Waals surface area contributed by atoms with Crippen LogP contribution in [0.2, 0.25) is 0 Å². The molecule has 104 valence electrons. The molecule has 0 spiro atoms. The lowest BCUT2D eigenvalue weighted by atomic mass is 9.98. The van der Waals surface area contributed by atoms with Gasteiger partial charge in [0, 0.05) is 6.42 Å². The summed E-state index contributed by atoms with van der Waals surface area (Å²) in [5.41, 5.74) is 8.05. The van der Waals surface area contributed by atoms with E-state index in [0.29, 0.717) is 12.8 Å². The number of Topliss-reactive ketones (excluding diaryl/α,β-unsaturated/α-hetero) is 1. The van der Waals surface area contributed by atoms with Crippen molar-refractivity contribution in [3.05, 3.63) is 65.7 Å². The molecule has 0 fully saturated rings. The normalized spacial score (nSPS) is 12.1. The van der Waals surface area contributed by atoms with Crippen LogP contribution in [0.1, 0.15) is 17.5 Å². The molecule has 3 heteroatoms. The maximum atomic E-state index is 12.0. The SMILES string of the molecule is N[C@@H](Cc1ccc(O)cc1)C(=O)CCc1ccccc1. The second kappa shape index (κ2) is 6.87. The van der Waals surface area contributed by atoms with Crippen molar-refractivity contribution >= 4 is 5.78 Å². The van der Waals surface area contributed by atoms with Crippen molar-refractivity contribution in [2.24, 2.45) is 5.73 Å². The summed E-state index contributed by atoms with van der Waals surface area (Å²) < 4.78 is 0. The van der Waals surface area contributed by atoms with Crippen LogP contribution >= 0.6 is 0 Å². The van der Waals surface area contributed by atoms with E-state index in [1.165, 1.54) is 0 Å². The van der Waals surface area contributed by atoms with E-state index in [2.05, 4.69) is 0 Å². The van der Waals surface area contributed by atoms with Crippen molar-refractivity contribution < 1.29 is 9.90 Å². The molecule has 3 nitrogen and oxygen atoms in total. The second-order valence-corrected chi connectivity index (χ2v) is 4.93. The zero-order valence-electron chi connectivity index (χ0n) is 11.3. The fourth-order valence-corrected chi connectivity index (χ4v) is 2.10. The molecule has 2 rings (SSSR count). The minimum Gasteiger partial charge on any atom is -0.508 e. The van der Waals surface area contributed by atoms with Crippen molar-refractivity contribution in [2.75, 3.05) is 0 Å². The van der Waals surface area contributed by atoms with Crippen LogP contribution in [-0.2, 0) is 17.6 Å². The number of carbonyl (C=O) groups is 1. The number of benzene rings is 2. The average Bonchev–Trinajstić information content (AvgIpc) is 2.48. The molecule has 3 N–H and O–H groups in total. The highest BCUT2D eigenvalue weighted by Gasteiger charge is 2.13. The average molecular weight is 269 g/mol. The minimum absolute atomic E-state index is 0.0712. The summed E-state index contributed by atoms with van der Waals surface area (Å²) in [5, 5.41) is 9.21. The van der Waals surface area contributed by atoms with Crippen LogP contribution in [-0.4, -0.2) is 16.9 Å². The Balaban J connectivity index is 1.84. The third kappa shape index (κ3) is 4.21. The van der Waals surface area contributed by atoms with Gasteiger partial charge in [0.15, 0.2) is 0 Å². The maximum absolute atomic E-state index is 12.0. The van der Waals surface area contributed by atoms with E-state index in [1.54, 1.807) is 24.3 Å². The van der Waals surface area contributed by atoms with Gasteiger partial charge in [0.1, 0.15) is 11.5 Å². The fourth-order valence-electron chi connectivity index (χ4n) is 2.10. The van der Waals surface area contributed by atoms with Gasteiger partial charge in [-0.1, -0.05) is 42.5 Å². The summed E-state index contributed by atoms with van der Waals surface area (Å²) in [7, 11) is 0. The second-order valence-electron chi connectivity index (χ2n) is 4.93. The summed E-state index contributed by atoms with van der Waals surface area (Å²) in [4.78, 5) is 12.0. The highest BCUT2D eigenvalue weighted by atomic mass is 16.3. The fraction of sp³-hybridized carbons (Fsp3) is 0.235. The highest BCUT2D eigenvalue weighted by molar-refractivity contribution is 5.84. The number of phenolic OH excluding ortho intramolecular Hbond substituents is 1. The lowest BCUT2D eigenvalue weighted by Gasteiger charge is -2.11. The van der Waals surface area contributed by atoms with Gasteiger partial charge in [-0.05, 0) is 36.1 Å². The lowest BCUT2D eigenvalue weighted by Crippen LogP contribution is -2.32. The molecule has 0 aliphatic rings. The first-order valence-corrected chi connectivity index (χ1v) is 6.75. The molecule has 0 aromatic heterocycles. The molecule has 0 aliphatic carbocycles. The monoisotopic (exact) mass is 269 g/mol. The smallest absolute Gasteiger partial charge is 0.150 e. The van der Waals surface area contributed by atoms with Crippen LogP contribution in [0.4, 0.5) is 0 Å². The number of aryl methyl sites for hydroxylation is 1. The van der Waals surface area contributed by atoms with Gasteiger partial charge in [-0.25, -0.2) is 0 Å². The maximum Gasteiger partial charge on any atom is 0.150 e. The minimum atomic E-state index is -0.483. The lowest BCUT2D eigenvalue weighted by molar-refractivity contribution is -0.120. The van der Waals surface area contributed by atoms with Gasteiger partial charge in [-0.2, -0.15) is 0 Å². The van der Waals surface area contributed by atoms with Crippen molar-refractivity contribution in [2.45, 2.75) is 25.3 Å². The predicted octanol–water partition coefficient (Wildman–Crippen LogP) is 2.46. The summed E-state index contributed by atoms with van der Waals surface area (Å²) in [6, 6.07) is 16.2. The van der Waals surface area contributed by atoms with E-state index in [0.717, 1.165) is 17.5 Å². The van der Waals surface area contributed by atoms with Crippen molar-refractivity contribution in [1.82, 2.24) is 0 Å². The van der Waals surface area contributed by atoms with E-state index >= 15 is 0 Å². The Morgan fingerprint density at radius 3 is 2.30 bits per heavy atom. The first kappa shape index (κ1) is 14.3. The standard InChI is InChI=1S/C17H19NO2/c18-16(12-14-6-9-15(19)10-7-14)17(20)11-8-13-4-2-1-3-5-13/h1-7,9-10,16,19H,8,11-12,18H2/t16-/m0/s1. The van der Waals surface area contributed by atoms with E-state index < -0.39 is 6.04 Å². The van der Waals surface area contributed by atoms with Gasteiger partial charge in [0.05, 0.1) is 6.04 Å². The Labute approximate surface area is 119 Å². The Morgan fingerprint density at radius 2 is 1.65 bits per heavy atom. The van der Waals surface area contributed by atoms with Gasteiger partial charge in [-0.3, -0.25) is 4.79 Å². The Morgan fingerprint density at radius 1 is 1.00 bits per heavy atom. The number of nitrogens with two attached hydrogens (primary N) is 1. The molecule has 0 aliphatic heterocycles. The van der Waals surface area contributed by atoms with Gasteiger partial charge in [0.25, 0.3) is 0 Å². The van der Waals surface area contributed by atoms with Gasteiger partial charge < -0.3 is 10.8 Å². The quantitative estimate of drug-likeness (QED) is 0.846. The Bertz CT molecular complexity index is 549. The molecular weight excluding hydrogens is 250 g/mol. The zero-order chi connectivity index (χ0) is 14.4. The molecular formula is C17H19NO2. The third-order valence-electron chi connectivity index (χ3n) is 3.31. The van der Waals surface area contributed by atoms with Crippen LogP contribution in [0.3, 0.4) is 0 Å². The zero-order valence-corrected chi connectivity index (χ0v) is 11.3. The summed E-state index contributed by atoms with van der Waals surface area (Å²) >= 11 is 0. The van der Waals surface area contributed by atoms with Gasteiger partial charge >= 0.3 is 0 Å². The molecule has 0 heterocycles. The molecule has 2 aromatic rings. The van der Waals surface area contributed by atoms with E-state index in [9.17, 15) is 9.90 Å². The van der Waals surface area contributed by atoms with E-state index in [1.807, 2.05) is 30.3 Å². The van der Waals surface area contributed by atoms with Crippen molar-refractivity contribution in [1.29, 1.82) is 0 Å². The van der Waals surface area contributed by atoms with E-state index in [-0.39, 0.29) is 11.5 Å². The molecule has 20 heavy (non-hydrogen) atoms. The number of aromatic hydroxyl groups is 1. The number of hydrogen-bond donors (Lipinski definition) is 2. The van der Waals surface area contributed by atoms with Crippen molar-refractivity contribution in [3.63, 3.8) is 0 Å². The predicted molar refractivity (Wildman–Crippen MR) is 79.6 cm³/mol. The Kier molecular flexibility index (Phi) is 4.91. The van der Waals surface area contributed by atoms with Crippen LogP contribution in [0, 0.1) is 0 Å². The summed E-state index contributed by atoms with van der Waals surface area (Å²) in [5.74, 6) is 0.291. The van der Waals surface area contributed by atoms with Gasteiger partial charge in [-0.15, -0.1) is 0 Å². The highest BCUT2D eigenvalue weighted by Crippen LogP contribution is 2.12. The number of rotatable bonds is 6. The summed E-state index contributed by atoms with van der Waals surface area (Å²) in [6.45, 7) is 0.